The maximum absolute atomic E-state index is 6.10. The summed E-state index contributed by atoms with van der Waals surface area (Å²) in [7, 11) is 0. The highest BCUT2D eigenvalue weighted by Gasteiger charge is 2.17. The van der Waals surface area contributed by atoms with Crippen molar-refractivity contribution in [3.05, 3.63) is 66.4 Å². The van der Waals surface area contributed by atoms with Crippen LogP contribution in [0.25, 0.3) is 16.6 Å². The molecule has 2 aromatic heterocycles. The first-order chi connectivity index (χ1) is 16.6. The van der Waals surface area contributed by atoms with Gasteiger partial charge in [-0.15, -0.1) is 0 Å². The number of nitrogens with one attached hydrogen (secondary N) is 3. The van der Waals surface area contributed by atoms with Gasteiger partial charge in [0, 0.05) is 36.8 Å². The molecule has 178 valence electrons. The molecule has 1 aliphatic rings. The van der Waals surface area contributed by atoms with Crippen molar-refractivity contribution in [3.8, 4) is 0 Å². The monoisotopic (exact) mass is 477 g/mol. The topological polar surface area (TPSA) is 84.5 Å². The molecule has 0 fully saturated rings. The van der Waals surface area contributed by atoms with Gasteiger partial charge in [-0.05, 0) is 54.6 Å². The number of halogens is 1. The van der Waals surface area contributed by atoms with Crippen molar-refractivity contribution >= 4 is 45.6 Å². The Hall–Kier alpha value is -3.32. The van der Waals surface area contributed by atoms with Crippen molar-refractivity contribution in [2.75, 3.05) is 25.0 Å². The number of anilines is 1. The summed E-state index contributed by atoms with van der Waals surface area (Å²) in [4.78, 5) is 22.5. The number of amidine groups is 1. The van der Waals surface area contributed by atoms with Gasteiger partial charge in [0.1, 0.15) is 11.5 Å². The average Bonchev–Trinajstić information content (AvgIpc) is 3.57. The van der Waals surface area contributed by atoms with Crippen LogP contribution < -0.4 is 5.32 Å². The highest BCUT2D eigenvalue weighted by Crippen LogP contribution is 2.26. The SMILES string of the molecule is C=CNc1nc(Cl)[nH]c1C(=C)N(CCCC)CCCCC1=NCC(c2ccc3cc[nH]c3c2)=N1. The van der Waals surface area contributed by atoms with Crippen LogP contribution in [0.3, 0.4) is 0 Å². The summed E-state index contributed by atoms with van der Waals surface area (Å²) in [5, 5.41) is 4.58. The zero-order valence-corrected chi connectivity index (χ0v) is 20.5. The fourth-order valence-electron chi connectivity index (χ4n) is 4.14. The Kier molecular flexibility index (Phi) is 7.85. The molecule has 8 heteroatoms. The largest absolute Gasteiger partial charge is 0.370 e. The first kappa shape index (κ1) is 23.8. The molecule has 0 aliphatic carbocycles. The van der Waals surface area contributed by atoms with Crippen LogP contribution in [0.2, 0.25) is 5.28 Å². The number of unbranched alkanes of at least 4 members (excludes halogenated alkanes) is 2. The van der Waals surface area contributed by atoms with Crippen molar-refractivity contribution in [1.82, 2.24) is 19.9 Å². The zero-order chi connectivity index (χ0) is 23.9. The molecule has 34 heavy (non-hydrogen) atoms. The molecule has 0 atom stereocenters. The van der Waals surface area contributed by atoms with Crippen LogP contribution in [0.15, 0.2) is 59.8 Å². The predicted octanol–water partition coefficient (Wildman–Crippen LogP) is 6.24. The summed E-state index contributed by atoms with van der Waals surface area (Å²) < 4.78 is 0. The summed E-state index contributed by atoms with van der Waals surface area (Å²) in [6.45, 7) is 12.7. The van der Waals surface area contributed by atoms with Gasteiger partial charge in [0.25, 0.3) is 0 Å². The summed E-state index contributed by atoms with van der Waals surface area (Å²) in [5.41, 5.74) is 5.00. The second-order valence-electron chi connectivity index (χ2n) is 8.41. The van der Waals surface area contributed by atoms with Crippen LogP contribution in [0.1, 0.15) is 50.3 Å². The van der Waals surface area contributed by atoms with Gasteiger partial charge in [0.15, 0.2) is 5.82 Å². The van der Waals surface area contributed by atoms with E-state index < -0.39 is 0 Å². The van der Waals surface area contributed by atoms with Crippen LogP contribution >= 0.6 is 11.6 Å². The van der Waals surface area contributed by atoms with Crippen LogP contribution in [0.5, 0.6) is 0 Å². The molecule has 1 aromatic carbocycles. The molecule has 1 aliphatic heterocycles. The molecular formula is C26H32ClN7. The molecule has 0 unspecified atom stereocenters. The van der Waals surface area contributed by atoms with Crippen molar-refractivity contribution in [1.29, 1.82) is 0 Å². The fraction of sp³-hybridized carbons (Fsp3) is 0.346. The standard InChI is InChI=1S/C26H32ClN7/c1-4-6-14-34(18(3)24-25(28-5-2)33-26(27)32-24)15-8-7-9-23-30-17-22(31-23)20-11-10-19-12-13-29-21(19)16-20/h5,10-13,16,28-29H,2-4,6-9,14-15,17H2,1H3,(H,32,33). The number of fused-ring (bicyclic) bond motifs is 1. The van der Waals surface area contributed by atoms with E-state index in [1.807, 2.05) is 6.20 Å². The third-order valence-corrected chi connectivity index (χ3v) is 6.19. The van der Waals surface area contributed by atoms with Gasteiger partial charge in [-0.3, -0.25) is 4.99 Å². The molecule has 0 amide bonds. The number of nitrogens with zero attached hydrogens (tertiary/aromatic N) is 4. The number of aromatic nitrogens is 3. The van der Waals surface area contributed by atoms with E-state index in [4.69, 9.17) is 16.6 Å². The smallest absolute Gasteiger partial charge is 0.202 e. The van der Waals surface area contributed by atoms with Gasteiger partial charge in [-0.25, -0.2) is 4.99 Å². The lowest BCUT2D eigenvalue weighted by Crippen LogP contribution is -2.25. The number of imidazole rings is 1. The van der Waals surface area contributed by atoms with Gasteiger partial charge in [0.2, 0.25) is 5.28 Å². The highest BCUT2D eigenvalue weighted by atomic mass is 35.5. The maximum atomic E-state index is 6.10. The first-order valence-corrected chi connectivity index (χ1v) is 12.2. The number of aromatic amines is 2. The Labute approximate surface area is 205 Å². The molecular weight excluding hydrogens is 446 g/mol. The summed E-state index contributed by atoms with van der Waals surface area (Å²) in [6, 6.07) is 8.48. The van der Waals surface area contributed by atoms with Crippen LogP contribution in [0.4, 0.5) is 5.82 Å². The molecule has 3 heterocycles. The van der Waals surface area contributed by atoms with Crippen LogP contribution in [-0.2, 0) is 0 Å². The Morgan fingerprint density at radius 1 is 1.24 bits per heavy atom. The summed E-state index contributed by atoms with van der Waals surface area (Å²) in [6.07, 6.45) is 8.68. The number of hydrogen-bond acceptors (Lipinski definition) is 5. The van der Waals surface area contributed by atoms with E-state index >= 15 is 0 Å². The molecule has 0 bridgehead atoms. The molecule has 7 nitrogen and oxygen atoms in total. The highest BCUT2D eigenvalue weighted by molar-refractivity contribution is 6.28. The van der Waals surface area contributed by atoms with E-state index in [9.17, 15) is 0 Å². The Balaban J connectivity index is 1.32. The Bertz CT molecular complexity index is 1220. The fourth-order valence-corrected chi connectivity index (χ4v) is 4.32. The molecule has 0 saturated heterocycles. The maximum Gasteiger partial charge on any atom is 0.202 e. The Morgan fingerprint density at radius 2 is 2.09 bits per heavy atom. The number of rotatable bonds is 13. The van der Waals surface area contributed by atoms with Crippen molar-refractivity contribution in [2.45, 2.75) is 39.0 Å². The van der Waals surface area contributed by atoms with E-state index in [0.717, 1.165) is 79.2 Å². The quantitative estimate of drug-likeness (QED) is 0.254. The van der Waals surface area contributed by atoms with Crippen molar-refractivity contribution in [2.24, 2.45) is 9.98 Å². The number of H-pyrrole nitrogens is 2. The lowest BCUT2D eigenvalue weighted by atomic mass is 10.1. The minimum absolute atomic E-state index is 0.333. The van der Waals surface area contributed by atoms with Gasteiger partial charge in [0.05, 0.1) is 18.0 Å². The second-order valence-corrected chi connectivity index (χ2v) is 8.77. The number of benzene rings is 1. The lowest BCUT2D eigenvalue weighted by Gasteiger charge is -2.26. The first-order valence-electron chi connectivity index (χ1n) is 11.8. The molecule has 4 rings (SSSR count). The van der Waals surface area contributed by atoms with E-state index in [1.165, 1.54) is 5.39 Å². The van der Waals surface area contributed by atoms with E-state index in [1.54, 1.807) is 6.20 Å². The van der Waals surface area contributed by atoms with E-state index in [-0.39, 0.29) is 0 Å². The van der Waals surface area contributed by atoms with Crippen LogP contribution in [-0.4, -0.2) is 51.0 Å². The van der Waals surface area contributed by atoms with Gasteiger partial charge in [-0.1, -0.05) is 38.6 Å². The molecule has 3 N–H and O–H groups in total. The van der Waals surface area contributed by atoms with Crippen molar-refractivity contribution < 1.29 is 0 Å². The van der Waals surface area contributed by atoms with Crippen molar-refractivity contribution in [3.63, 3.8) is 0 Å². The minimum Gasteiger partial charge on any atom is -0.370 e. The third-order valence-electron chi connectivity index (χ3n) is 6.01. The lowest BCUT2D eigenvalue weighted by molar-refractivity contribution is 0.377. The Morgan fingerprint density at radius 3 is 2.91 bits per heavy atom. The molecule has 0 spiro atoms. The summed E-state index contributed by atoms with van der Waals surface area (Å²) >= 11 is 6.10. The third kappa shape index (κ3) is 5.59. The van der Waals surface area contributed by atoms with Crippen LogP contribution in [0, 0.1) is 0 Å². The minimum atomic E-state index is 0.333. The van der Waals surface area contributed by atoms with Gasteiger partial charge < -0.3 is 20.2 Å². The predicted molar refractivity (Wildman–Crippen MR) is 144 cm³/mol. The van der Waals surface area contributed by atoms with E-state index in [0.29, 0.717) is 17.6 Å². The van der Waals surface area contributed by atoms with Gasteiger partial charge >= 0.3 is 0 Å². The van der Waals surface area contributed by atoms with Gasteiger partial charge in [-0.2, -0.15) is 4.98 Å². The number of aliphatic imine (C=N–C) groups is 2. The summed E-state index contributed by atoms with van der Waals surface area (Å²) in [5.74, 6) is 1.59. The molecule has 3 aromatic rings. The molecule has 0 saturated carbocycles. The zero-order valence-electron chi connectivity index (χ0n) is 19.7. The second kappa shape index (κ2) is 11.2. The molecule has 0 radical (unpaired) electrons. The van der Waals surface area contributed by atoms with E-state index in [2.05, 4.69) is 74.5 Å². The normalized spacial score (nSPS) is 13.1. The average molecular weight is 478 g/mol. The number of hydrogen-bond donors (Lipinski definition) is 3.